The lowest BCUT2D eigenvalue weighted by molar-refractivity contribution is 0.0474. The average Bonchev–Trinajstić information content (AvgIpc) is 2.97. The molecule has 0 bridgehead atoms. The highest BCUT2D eigenvalue weighted by Gasteiger charge is 2.24. The van der Waals surface area contributed by atoms with Crippen LogP contribution in [0.15, 0.2) is 9.59 Å². The number of carbonyl (C=O) groups is 2. The van der Waals surface area contributed by atoms with E-state index in [1.165, 1.54) is 14.1 Å². The Morgan fingerprint density at radius 3 is 2.48 bits per heavy atom. The average molecular weight is 367 g/mol. The Balaban J connectivity index is 2.27. The van der Waals surface area contributed by atoms with Crippen molar-refractivity contribution in [3.05, 3.63) is 37.7 Å². The van der Waals surface area contributed by atoms with E-state index in [4.69, 9.17) is 10.5 Å². The summed E-state index contributed by atoms with van der Waals surface area (Å²) in [4.78, 5) is 48.4. The van der Waals surface area contributed by atoms with Gasteiger partial charge in [-0.2, -0.15) is 4.37 Å². The molecular formula is C14H17N5O5S. The maximum atomic E-state index is 12.3. The molecule has 0 saturated heterocycles. The Morgan fingerprint density at radius 2 is 1.88 bits per heavy atom. The first kappa shape index (κ1) is 18.4. The van der Waals surface area contributed by atoms with Gasteiger partial charge in [-0.15, -0.1) is 0 Å². The van der Waals surface area contributed by atoms with Gasteiger partial charge in [-0.1, -0.05) is 0 Å². The van der Waals surface area contributed by atoms with Crippen molar-refractivity contribution in [3.8, 4) is 0 Å². The van der Waals surface area contributed by atoms with Gasteiger partial charge < -0.3 is 15.8 Å². The van der Waals surface area contributed by atoms with Gasteiger partial charge >= 0.3 is 11.7 Å². The smallest absolute Gasteiger partial charge is 0.343 e. The third-order valence-corrected chi connectivity index (χ3v) is 4.57. The zero-order valence-corrected chi connectivity index (χ0v) is 14.9. The summed E-state index contributed by atoms with van der Waals surface area (Å²) >= 11 is 1.09. The Morgan fingerprint density at radius 1 is 1.24 bits per heavy atom. The summed E-state index contributed by atoms with van der Waals surface area (Å²) in [7, 11) is 4.19. The number of esters is 1. The fourth-order valence-electron chi connectivity index (χ4n) is 2.18. The highest BCUT2D eigenvalue weighted by atomic mass is 32.1. The lowest BCUT2D eigenvalue weighted by Gasteiger charge is -2.11. The molecule has 25 heavy (non-hydrogen) atoms. The molecule has 2 aromatic rings. The molecule has 0 aliphatic heterocycles. The van der Waals surface area contributed by atoms with Gasteiger partial charge in [0.25, 0.3) is 5.56 Å². The van der Waals surface area contributed by atoms with E-state index < -0.39 is 35.2 Å². The van der Waals surface area contributed by atoms with Gasteiger partial charge in [0.1, 0.15) is 21.9 Å². The van der Waals surface area contributed by atoms with Crippen LogP contribution in [0.1, 0.15) is 26.4 Å². The minimum absolute atomic E-state index is 0.224. The van der Waals surface area contributed by atoms with E-state index in [2.05, 4.69) is 9.69 Å². The van der Waals surface area contributed by atoms with Crippen LogP contribution >= 0.6 is 11.5 Å². The summed E-state index contributed by atoms with van der Waals surface area (Å²) in [6.45, 7) is 0.950. The number of nitrogens with zero attached hydrogens (tertiary/aromatic N) is 3. The number of hydrogen-bond acceptors (Lipinski definition) is 9. The predicted octanol–water partition coefficient (Wildman–Crippen LogP) is -0.487. The topological polar surface area (TPSA) is 138 Å². The summed E-state index contributed by atoms with van der Waals surface area (Å²) in [6.07, 6.45) is 0. The van der Waals surface area contributed by atoms with Crippen molar-refractivity contribution < 1.29 is 14.3 Å². The molecule has 0 aromatic carbocycles. The summed E-state index contributed by atoms with van der Waals surface area (Å²) < 4.78 is 10.8. The second-order valence-corrected chi connectivity index (χ2v) is 5.96. The zero-order chi connectivity index (χ0) is 18.9. The minimum atomic E-state index is -0.842. The molecule has 0 fully saturated rings. The van der Waals surface area contributed by atoms with Crippen molar-refractivity contribution in [3.63, 3.8) is 0 Å². The van der Waals surface area contributed by atoms with Gasteiger partial charge in [0.15, 0.2) is 6.61 Å². The Kier molecular flexibility index (Phi) is 5.07. The maximum absolute atomic E-state index is 12.3. The number of anilines is 2. The van der Waals surface area contributed by atoms with Gasteiger partial charge in [-0.05, 0) is 18.5 Å². The van der Waals surface area contributed by atoms with Crippen LogP contribution in [0.2, 0.25) is 0 Å². The van der Waals surface area contributed by atoms with Crippen LogP contribution in [-0.4, -0.2) is 38.9 Å². The normalized spacial score (nSPS) is 10.6. The van der Waals surface area contributed by atoms with Crippen LogP contribution in [0.3, 0.4) is 0 Å². The number of ketones is 1. The molecule has 3 N–H and O–H groups in total. The Hall–Kier alpha value is -2.95. The molecule has 0 spiro atoms. The summed E-state index contributed by atoms with van der Waals surface area (Å²) in [5.74, 6) is -1.82. The van der Waals surface area contributed by atoms with Crippen molar-refractivity contribution in [1.29, 1.82) is 0 Å². The fraction of sp³-hybridized carbons (Fsp3) is 0.357. The standard InChI is InChI=1S/C14H17N5O5S/c1-6-8(11(16-2)25-17-6)13(22)24-5-7(20)9-10(15)18(3)14(23)19(4)12(9)21/h16H,5,15H2,1-4H3. The van der Waals surface area contributed by atoms with Gasteiger partial charge in [0, 0.05) is 21.1 Å². The summed E-state index contributed by atoms with van der Waals surface area (Å²) in [6, 6.07) is 0. The van der Waals surface area contributed by atoms with Crippen molar-refractivity contribution >= 4 is 34.1 Å². The lowest BCUT2D eigenvalue weighted by atomic mass is 10.2. The fourth-order valence-corrected chi connectivity index (χ4v) is 2.91. The third-order valence-electron chi connectivity index (χ3n) is 3.62. The van der Waals surface area contributed by atoms with E-state index in [1.54, 1.807) is 14.0 Å². The number of nitrogens with two attached hydrogens (primary N) is 1. The van der Waals surface area contributed by atoms with Crippen LogP contribution in [0.25, 0.3) is 0 Å². The maximum Gasteiger partial charge on any atom is 0.343 e. The van der Waals surface area contributed by atoms with Crippen LogP contribution in [0.5, 0.6) is 0 Å². The molecule has 0 unspecified atom stereocenters. The van der Waals surface area contributed by atoms with Crippen LogP contribution < -0.4 is 22.3 Å². The number of nitrogen functional groups attached to an aromatic ring is 1. The van der Waals surface area contributed by atoms with Crippen molar-refractivity contribution in [2.45, 2.75) is 6.92 Å². The number of aromatic nitrogens is 3. The van der Waals surface area contributed by atoms with E-state index in [-0.39, 0.29) is 11.4 Å². The first-order chi connectivity index (χ1) is 11.7. The Labute approximate surface area is 146 Å². The summed E-state index contributed by atoms with van der Waals surface area (Å²) in [5.41, 5.74) is 4.48. The largest absolute Gasteiger partial charge is 0.454 e. The predicted molar refractivity (Wildman–Crippen MR) is 92.3 cm³/mol. The van der Waals surface area contributed by atoms with Crippen molar-refractivity contribution in [2.75, 3.05) is 24.7 Å². The number of aryl methyl sites for hydroxylation is 1. The number of Topliss-reactive ketones (excluding diaryl/α,β-unsaturated/α-hetero) is 1. The second kappa shape index (κ2) is 6.89. The van der Waals surface area contributed by atoms with Crippen molar-refractivity contribution in [2.24, 2.45) is 14.1 Å². The first-order valence-corrected chi connectivity index (χ1v) is 7.87. The minimum Gasteiger partial charge on any atom is -0.454 e. The van der Waals surface area contributed by atoms with Gasteiger partial charge in [-0.25, -0.2) is 9.59 Å². The number of carbonyl (C=O) groups excluding carboxylic acids is 2. The molecule has 0 aliphatic carbocycles. The molecule has 0 radical (unpaired) electrons. The monoisotopic (exact) mass is 367 g/mol. The van der Waals surface area contributed by atoms with E-state index in [1.807, 2.05) is 0 Å². The van der Waals surface area contributed by atoms with Gasteiger partial charge in [0.05, 0.1) is 5.69 Å². The van der Waals surface area contributed by atoms with E-state index in [0.717, 1.165) is 20.7 Å². The molecule has 10 nitrogen and oxygen atoms in total. The molecule has 0 atom stereocenters. The van der Waals surface area contributed by atoms with E-state index >= 15 is 0 Å². The molecule has 2 heterocycles. The highest BCUT2D eigenvalue weighted by Crippen LogP contribution is 2.24. The number of nitrogens with one attached hydrogen (secondary N) is 1. The molecule has 11 heteroatoms. The number of hydrogen-bond donors (Lipinski definition) is 2. The summed E-state index contributed by atoms with van der Waals surface area (Å²) in [5, 5.41) is 3.32. The zero-order valence-electron chi connectivity index (χ0n) is 14.1. The van der Waals surface area contributed by atoms with E-state index in [0.29, 0.717) is 10.7 Å². The van der Waals surface area contributed by atoms with Crippen LogP contribution in [0, 0.1) is 6.92 Å². The highest BCUT2D eigenvalue weighted by molar-refractivity contribution is 7.10. The molecule has 134 valence electrons. The molecule has 2 aromatic heterocycles. The van der Waals surface area contributed by atoms with E-state index in [9.17, 15) is 19.2 Å². The number of ether oxygens (including phenoxy) is 1. The molecule has 2 rings (SSSR count). The van der Waals surface area contributed by atoms with Crippen molar-refractivity contribution in [1.82, 2.24) is 13.5 Å². The van der Waals surface area contributed by atoms with Crippen LogP contribution in [0.4, 0.5) is 10.8 Å². The first-order valence-electron chi connectivity index (χ1n) is 7.10. The molecule has 0 amide bonds. The molecular weight excluding hydrogens is 350 g/mol. The van der Waals surface area contributed by atoms with Gasteiger partial charge in [0.2, 0.25) is 5.78 Å². The quantitative estimate of drug-likeness (QED) is 0.533. The SMILES string of the molecule is CNc1snc(C)c1C(=O)OCC(=O)c1c(N)n(C)c(=O)n(C)c1=O. The second-order valence-electron chi connectivity index (χ2n) is 5.19. The number of rotatable bonds is 5. The van der Waals surface area contributed by atoms with Gasteiger partial charge in [-0.3, -0.25) is 18.7 Å². The van der Waals surface area contributed by atoms with Crippen LogP contribution in [-0.2, 0) is 18.8 Å². The lowest BCUT2D eigenvalue weighted by Crippen LogP contribution is -2.42. The Bertz CT molecular complexity index is 971. The molecule has 0 aliphatic rings. The molecule has 0 saturated carbocycles. The third kappa shape index (κ3) is 3.18.